The maximum Gasteiger partial charge on any atom is 0.337 e. The van der Waals surface area contributed by atoms with Crippen molar-refractivity contribution in [1.82, 2.24) is 0 Å². The van der Waals surface area contributed by atoms with E-state index < -0.39 is 5.97 Å². The second-order valence-corrected chi connectivity index (χ2v) is 6.08. The van der Waals surface area contributed by atoms with Crippen LogP contribution in [-0.4, -0.2) is 30.1 Å². The van der Waals surface area contributed by atoms with Crippen LogP contribution in [0, 0.1) is 5.92 Å². The number of nitrogens with one attached hydrogen (secondary N) is 1. The Morgan fingerprint density at radius 2 is 1.77 bits per heavy atom. The van der Waals surface area contributed by atoms with Crippen molar-refractivity contribution in [2.24, 2.45) is 5.92 Å². The predicted octanol–water partition coefficient (Wildman–Crippen LogP) is 3.36. The van der Waals surface area contributed by atoms with Gasteiger partial charge in [-0.05, 0) is 31.0 Å². The first-order valence-corrected chi connectivity index (χ1v) is 7.92. The normalized spacial score (nSPS) is 15.5. The number of carboxylic acid groups (broad SMARTS) is 1. The zero-order chi connectivity index (χ0) is 16.1. The van der Waals surface area contributed by atoms with Gasteiger partial charge in [0.05, 0.1) is 11.3 Å². The van der Waals surface area contributed by atoms with Gasteiger partial charge in [-0.3, -0.25) is 4.79 Å². The molecule has 0 unspecified atom stereocenters. The Labute approximate surface area is 131 Å². The molecule has 0 bridgehead atoms. The van der Waals surface area contributed by atoms with Crippen LogP contribution < -0.4 is 10.2 Å². The summed E-state index contributed by atoms with van der Waals surface area (Å²) in [6, 6.07) is 5.27. The van der Waals surface area contributed by atoms with Crippen LogP contribution in [0.4, 0.5) is 11.4 Å². The average molecular weight is 304 g/mol. The molecule has 0 atom stereocenters. The van der Waals surface area contributed by atoms with Gasteiger partial charge in [0.25, 0.3) is 0 Å². The molecule has 0 saturated carbocycles. The number of hydrogen-bond donors (Lipinski definition) is 2. The number of hydrogen-bond acceptors (Lipinski definition) is 3. The molecule has 1 heterocycles. The van der Waals surface area contributed by atoms with E-state index in [9.17, 15) is 14.7 Å². The molecular formula is C17H24N2O3. The van der Waals surface area contributed by atoms with E-state index in [0.29, 0.717) is 5.69 Å². The third kappa shape index (κ3) is 4.00. The van der Waals surface area contributed by atoms with Crippen molar-refractivity contribution in [3.8, 4) is 0 Å². The summed E-state index contributed by atoms with van der Waals surface area (Å²) < 4.78 is 0. The number of benzene rings is 1. The van der Waals surface area contributed by atoms with E-state index in [0.717, 1.165) is 31.6 Å². The highest BCUT2D eigenvalue weighted by Gasteiger charge is 2.17. The molecule has 1 aliphatic rings. The SMILES string of the molecule is CC(C)C(=O)Nc1ccc(N2CCCCCC2)cc1C(=O)O. The highest BCUT2D eigenvalue weighted by atomic mass is 16.4. The lowest BCUT2D eigenvalue weighted by Gasteiger charge is -2.23. The van der Waals surface area contributed by atoms with Crippen LogP contribution in [0.3, 0.4) is 0 Å². The van der Waals surface area contributed by atoms with Gasteiger partial charge in [0, 0.05) is 24.7 Å². The molecule has 120 valence electrons. The average Bonchev–Trinajstić information content (AvgIpc) is 2.76. The zero-order valence-electron chi connectivity index (χ0n) is 13.3. The number of amides is 1. The number of rotatable bonds is 4. The molecule has 0 aliphatic carbocycles. The Kier molecular flexibility index (Phi) is 5.41. The van der Waals surface area contributed by atoms with Gasteiger partial charge in [-0.2, -0.15) is 0 Å². The maximum atomic E-state index is 11.8. The summed E-state index contributed by atoms with van der Waals surface area (Å²) in [5, 5.41) is 12.1. The molecule has 22 heavy (non-hydrogen) atoms. The van der Waals surface area contributed by atoms with Crippen LogP contribution in [0.25, 0.3) is 0 Å². The quantitative estimate of drug-likeness (QED) is 0.895. The molecule has 1 saturated heterocycles. The van der Waals surface area contributed by atoms with Gasteiger partial charge in [-0.25, -0.2) is 4.79 Å². The molecule has 0 spiro atoms. The van der Waals surface area contributed by atoms with E-state index in [1.54, 1.807) is 26.0 Å². The molecule has 5 nitrogen and oxygen atoms in total. The topological polar surface area (TPSA) is 69.6 Å². The number of carbonyl (C=O) groups is 2. The van der Waals surface area contributed by atoms with E-state index in [1.165, 1.54) is 12.8 Å². The summed E-state index contributed by atoms with van der Waals surface area (Å²) in [6.07, 6.45) is 4.72. The van der Waals surface area contributed by atoms with Crippen LogP contribution in [0.1, 0.15) is 49.9 Å². The van der Waals surface area contributed by atoms with Crippen LogP contribution >= 0.6 is 0 Å². The van der Waals surface area contributed by atoms with E-state index >= 15 is 0 Å². The Balaban J connectivity index is 2.26. The molecule has 1 fully saturated rings. The fraction of sp³-hybridized carbons (Fsp3) is 0.529. The smallest absolute Gasteiger partial charge is 0.337 e. The van der Waals surface area contributed by atoms with E-state index in [2.05, 4.69) is 10.2 Å². The summed E-state index contributed by atoms with van der Waals surface area (Å²) in [4.78, 5) is 25.5. The molecular weight excluding hydrogens is 280 g/mol. The molecule has 1 aromatic rings. The first-order chi connectivity index (χ1) is 10.5. The number of carbonyl (C=O) groups excluding carboxylic acids is 1. The van der Waals surface area contributed by atoms with Gasteiger partial charge in [0.15, 0.2) is 0 Å². The summed E-state index contributed by atoms with van der Waals surface area (Å²) in [6.45, 7) is 5.47. The lowest BCUT2D eigenvalue weighted by Crippen LogP contribution is -2.24. The molecule has 2 rings (SSSR count). The Morgan fingerprint density at radius 1 is 1.14 bits per heavy atom. The molecule has 1 amide bonds. The van der Waals surface area contributed by atoms with Crippen LogP contribution in [0.2, 0.25) is 0 Å². The lowest BCUT2D eigenvalue weighted by molar-refractivity contribution is -0.118. The second-order valence-electron chi connectivity index (χ2n) is 6.08. The van der Waals surface area contributed by atoms with Crippen LogP contribution in [-0.2, 0) is 4.79 Å². The molecule has 1 aliphatic heterocycles. The Bertz CT molecular complexity index is 547. The van der Waals surface area contributed by atoms with Crippen molar-refractivity contribution in [3.05, 3.63) is 23.8 Å². The van der Waals surface area contributed by atoms with Gasteiger partial charge >= 0.3 is 5.97 Å². The maximum absolute atomic E-state index is 11.8. The third-order valence-corrected chi connectivity index (χ3v) is 3.99. The molecule has 1 aromatic carbocycles. The van der Waals surface area contributed by atoms with Crippen LogP contribution in [0.5, 0.6) is 0 Å². The van der Waals surface area contributed by atoms with E-state index in [4.69, 9.17) is 0 Å². The minimum atomic E-state index is -1.02. The largest absolute Gasteiger partial charge is 0.478 e. The fourth-order valence-electron chi connectivity index (χ4n) is 2.62. The van der Waals surface area contributed by atoms with Crippen molar-refractivity contribution >= 4 is 23.3 Å². The fourth-order valence-corrected chi connectivity index (χ4v) is 2.62. The number of carboxylic acids is 1. The standard InChI is InChI=1S/C17H24N2O3/c1-12(2)16(20)18-15-8-7-13(11-14(15)17(21)22)19-9-5-3-4-6-10-19/h7-8,11-12H,3-6,9-10H2,1-2H3,(H,18,20)(H,21,22). The van der Waals surface area contributed by atoms with E-state index in [1.807, 2.05) is 6.07 Å². The molecule has 0 aromatic heterocycles. The molecule has 5 heteroatoms. The lowest BCUT2D eigenvalue weighted by atomic mass is 10.1. The first kappa shape index (κ1) is 16.3. The highest BCUT2D eigenvalue weighted by Crippen LogP contribution is 2.26. The van der Waals surface area contributed by atoms with Crippen LogP contribution in [0.15, 0.2) is 18.2 Å². The summed E-state index contributed by atoms with van der Waals surface area (Å²) >= 11 is 0. The van der Waals surface area contributed by atoms with Crippen molar-refractivity contribution in [1.29, 1.82) is 0 Å². The van der Waals surface area contributed by atoms with E-state index in [-0.39, 0.29) is 17.4 Å². The highest BCUT2D eigenvalue weighted by molar-refractivity contribution is 6.01. The number of anilines is 2. The number of aromatic carboxylic acids is 1. The van der Waals surface area contributed by atoms with Gasteiger partial charge in [0.2, 0.25) is 5.91 Å². The van der Waals surface area contributed by atoms with Gasteiger partial charge in [-0.15, -0.1) is 0 Å². The third-order valence-electron chi connectivity index (χ3n) is 3.99. The van der Waals surface area contributed by atoms with Crippen molar-refractivity contribution in [3.63, 3.8) is 0 Å². The second kappa shape index (κ2) is 7.29. The summed E-state index contributed by atoms with van der Waals surface area (Å²) in [7, 11) is 0. The Hall–Kier alpha value is -2.04. The molecule has 2 N–H and O–H groups in total. The zero-order valence-corrected chi connectivity index (χ0v) is 13.3. The van der Waals surface area contributed by atoms with Gasteiger partial charge in [0.1, 0.15) is 0 Å². The first-order valence-electron chi connectivity index (χ1n) is 7.92. The number of nitrogens with zero attached hydrogens (tertiary/aromatic N) is 1. The monoisotopic (exact) mass is 304 g/mol. The summed E-state index contributed by atoms with van der Waals surface area (Å²) in [5.74, 6) is -1.38. The van der Waals surface area contributed by atoms with Crippen molar-refractivity contribution < 1.29 is 14.7 Å². The van der Waals surface area contributed by atoms with Gasteiger partial charge in [-0.1, -0.05) is 26.7 Å². The minimum absolute atomic E-state index is 0.149. The van der Waals surface area contributed by atoms with Crippen molar-refractivity contribution in [2.45, 2.75) is 39.5 Å². The predicted molar refractivity (Wildman–Crippen MR) is 87.6 cm³/mol. The Morgan fingerprint density at radius 3 is 2.32 bits per heavy atom. The van der Waals surface area contributed by atoms with Gasteiger partial charge < -0.3 is 15.3 Å². The molecule has 0 radical (unpaired) electrons. The summed E-state index contributed by atoms with van der Waals surface area (Å²) in [5.41, 5.74) is 1.43. The minimum Gasteiger partial charge on any atom is -0.478 e. The van der Waals surface area contributed by atoms with Crippen molar-refractivity contribution in [2.75, 3.05) is 23.3 Å².